The van der Waals surface area contributed by atoms with Crippen molar-refractivity contribution in [1.82, 2.24) is 4.90 Å². The highest BCUT2D eigenvalue weighted by Crippen LogP contribution is 2.32. The number of hydrogen-bond donors (Lipinski definition) is 0. The molecule has 2 nitrogen and oxygen atoms in total. The van der Waals surface area contributed by atoms with Gasteiger partial charge in [0, 0.05) is 23.6 Å². The second kappa shape index (κ2) is 5.04. The van der Waals surface area contributed by atoms with E-state index in [0.717, 1.165) is 4.90 Å². The number of rotatable bonds is 2. The van der Waals surface area contributed by atoms with Crippen molar-refractivity contribution in [3.63, 3.8) is 0 Å². The van der Waals surface area contributed by atoms with Crippen molar-refractivity contribution in [3.05, 3.63) is 0 Å². The highest BCUT2D eigenvalue weighted by atomic mass is 32.2. The second-order valence-electron chi connectivity index (χ2n) is 4.57. The van der Waals surface area contributed by atoms with Gasteiger partial charge in [-0.1, -0.05) is 13.8 Å². The van der Waals surface area contributed by atoms with Crippen LogP contribution in [-0.2, 0) is 4.79 Å². The normalized spacial score (nSPS) is 21.5. The number of carbonyl (C=O) groups is 1. The predicted octanol–water partition coefficient (Wildman–Crippen LogP) is 2.63. The van der Waals surface area contributed by atoms with Crippen molar-refractivity contribution < 1.29 is 22.4 Å². The van der Waals surface area contributed by atoms with Gasteiger partial charge in [0.25, 0.3) is 5.91 Å². The smallest absolute Gasteiger partial charge is 0.336 e. The van der Waals surface area contributed by atoms with Crippen LogP contribution >= 0.6 is 11.8 Å². The van der Waals surface area contributed by atoms with Crippen LogP contribution in [-0.4, -0.2) is 46.7 Å². The Morgan fingerprint density at radius 2 is 1.94 bits per heavy atom. The summed E-state index contributed by atoms with van der Waals surface area (Å²) in [5, 5.41) is 0. The van der Waals surface area contributed by atoms with Crippen LogP contribution in [0.5, 0.6) is 0 Å². The average Bonchev–Trinajstić information content (AvgIpc) is 2.38. The van der Waals surface area contributed by atoms with Gasteiger partial charge in [-0.15, -0.1) is 0 Å². The SMILES string of the molecule is CC1(C)CCN(C(=O)C(F)(F)C(F)F)CCS1. The minimum Gasteiger partial charge on any atom is -0.336 e. The van der Waals surface area contributed by atoms with Gasteiger partial charge in [0.15, 0.2) is 0 Å². The lowest BCUT2D eigenvalue weighted by atomic mass is 10.1. The number of thioether (sulfide) groups is 1. The Morgan fingerprint density at radius 1 is 1.35 bits per heavy atom. The van der Waals surface area contributed by atoms with Crippen molar-refractivity contribution in [2.24, 2.45) is 0 Å². The Kier molecular flexibility index (Phi) is 4.33. The molecule has 0 aromatic rings. The maximum absolute atomic E-state index is 12.9. The maximum Gasteiger partial charge on any atom is 0.383 e. The standard InChI is InChI=1S/C10H15F4NOS/c1-9(2)3-4-15(5-6-17-9)8(16)10(13,14)7(11)12/h7H,3-6H2,1-2H3. The average molecular weight is 273 g/mol. The van der Waals surface area contributed by atoms with Crippen LogP contribution in [0.15, 0.2) is 0 Å². The number of nitrogens with zero attached hydrogens (tertiary/aromatic N) is 1. The number of amides is 1. The molecular weight excluding hydrogens is 258 g/mol. The third-order valence-corrected chi connectivity index (χ3v) is 4.06. The first-order valence-electron chi connectivity index (χ1n) is 5.26. The number of carbonyl (C=O) groups excluding carboxylic acids is 1. The summed E-state index contributed by atoms with van der Waals surface area (Å²) >= 11 is 1.56. The summed E-state index contributed by atoms with van der Waals surface area (Å²) in [6.07, 6.45) is -3.43. The zero-order valence-corrected chi connectivity index (χ0v) is 10.5. The molecule has 7 heteroatoms. The molecule has 1 aliphatic heterocycles. The molecule has 0 unspecified atom stereocenters. The van der Waals surface area contributed by atoms with Crippen LogP contribution in [0.2, 0.25) is 0 Å². The Balaban J connectivity index is 2.71. The van der Waals surface area contributed by atoms with E-state index in [-0.39, 0.29) is 17.8 Å². The molecule has 0 saturated carbocycles. The Morgan fingerprint density at radius 3 is 2.47 bits per heavy atom. The maximum atomic E-state index is 12.9. The van der Waals surface area contributed by atoms with Gasteiger partial charge >= 0.3 is 12.3 Å². The lowest BCUT2D eigenvalue weighted by Gasteiger charge is -2.25. The summed E-state index contributed by atoms with van der Waals surface area (Å²) in [5.41, 5.74) is 0. The first-order chi connectivity index (χ1) is 7.67. The molecule has 1 amide bonds. The first kappa shape index (κ1) is 14.6. The van der Waals surface area contributed by atoms with Gasteiger partial charge in [0.2, 0.25) is 0 Å². The minimum absolute atomic E-state index is 0.0925. The molecule has 1 aliphatic rings. The van der Waals surface area contributed by atoms with Gasteiger partial charge in [-0.05, 0) is 6.42 Å². The first-order valence-corrected chi connectivity index (χ1v) is 6.25. The van der Waals surface area contributed by atoms with Gasteiger partial charge in [-0.3, -0.25) is 4.79 Å². The van der Waals surface area contributed by atoms with E-state index in [0.29, 0.717) is 12.2 Å². The van der Waals surface area contributed by atoms with E-state index in [1.165, 1.54) is 0 Å². The van der Waals surface area contributed by atoms with E-state index in [4.69, 9.17) is 0 Å². The van der Waals surface area contributed by atoms with Crippen LogP contribution in [0.1, 0.15) is 20.3 Å². The van der Waals surface area contributed by atoms with Gasteiger partial charge in [0.05, 0.1) is 0 Å². The summed E-state index contributed by atoms with van der Waals surface area (Å²) in [6.45, 7) is 4.07. The molecule has 0 atom stereocenters. The fourth-order valence-corrected chi connectivity index (χ4v) is 2.63. The minimum atomic E-state index is -4.57. The molecule has 1 rings (SSSR count). The molecule has 0 aromatic heterocycles. The molecule has 1 heterocycles. The molecule has 0 aliphatic carbocycles. The highest BCUT2D eigenvalue weighted by molar-refractivity contribution is 8.00. The molecule has 100 valence electrons. The lowest BCUT2D eigenvalue weighted by Crippen LogP contribution is -2.48. The monoisotopic (exact) mass is 273 g/mol. The van der Waals surface area contributed by atoms with Gasteiger partial charge < -0.3 is 4.90 Å². The largest absolute Gasteiger partial charge is 0.383 e. The van der Waals surface area contributed by atoms with Crippen molar-refractivity contribution >= 4 is 17.7 Å². The van der Waals surface area contributed by atoms with Crippen LogP contribution < -0.4 is 0 Å². The summed E-state index contributed by atoms with van der Waals surface area (Å²) < 4.78 is 49.8. The molecule has 0 aromatic carbocycles. The van der Waals surface area contributed by atoms with E-state index in [2.05, 4.69) is 0 Å². The lowest BCUT2D eigenvalue weighted by molar-refractivity contribution is -0.180. The molecule has 0 spiro atoms. The Bertz CT molecular complexity index is 296. The van der Waals surface area contributed by atoms with Crippen molar-refractivity contribution in [3.8, 4) is 0 Å². The molecule has 1 fully saturated rings. The van der Waals surface area contributed by atoms with Crippen LogP contribution in [0.25, 0.3) is 0 Å². The quantitative estimate of drug-likeness (QED) is 0.721. The summed E-state index contributed by atoms with van der Waals surface area (Å²) in [5.74, 6) is -5.84. The Labute approximate surface area is 102 Å². The van der Waals surface area contributed by atoms with Crippen LogP contribution in [0.3, 0.4) is 0 Å². The molecule has 0 N–H and O–H groups in total. The van der Waals surface area contributed by atoms with E-state index < -0.39 is 18.3 Å². The van der Waals surface area contributed by atoms with Gasteiger partial charge in [-0.25, -0.2) is 8.78 Å². The zero-order valence-electron chi connectivity index (χ0n) is 9.68. The summed E-state index contributed by atoms with van der Waals surface area (Å²) in [7, 11) is 0. The summed E-state index contributed by atoms with van der Waals surface area (Å²) in [6, 6.07) is 0. The van der Waals surface area contributed by atoms with Gasteiger partial charge in [-0.2, -0.15) is 20.5 Å². The van der Waals surface area contributed by atoms with Crippen molar-refractivity contribution in [1.29, 1.82) is 0 Å². The second-order valence-corrected chi connectivity index (χ2v) is 6.38. The molecular formula is C10H15F4NOS. The van der Waals surface area contributed by atoms with Crippen LogP contribution in [0, 0.1) is 0 Å². The molecule has 0 bridgehead atoms. The fraction of sp³-hybridized carbons (Fsp3) is 0.900. The van der Waals surface area contributed by atoms with Crippen molar-refractivity contribution in [2.45, 2.75) is 37.4 Å². The van der Waals surface area contributed by atoms with E-state index >= 15 is 0 Å². The summed E-state index contributed by atoms with van der Waals surface area (Å²) in [4.78, 5) is 12.2. The van der Waals surface area contributed by atoms with E-state index in [9.17, 15) is 22.4 Å². The van der Waals surface area contributed by atoms with Crippen molar-refractivity contribution in [2.75, 3.05) is 18.8 Å². The van der Waals surface area contributed by atoms with E-state index in [1.807, 2.05) is 13.8 Å². The Hall–Kier alpha value is -0.460. The van der Waals surface area contributed by atoms with E-state index in [1.54, 1.807) is 11.8 Å². The molecule has 0 radical (unpaired) electrons. The zero-order chi connectivity index (χ0) is 13.3. The third kappa shape index (κ3) is 3.50. The fourth-order valence-electron chi connectivity index (χ4n) is 1.53. The van der Waals surface area contributed by atoms with Gasteiger partial charge in [0.1, 0.15) is 0 Å². The van der Waals surface area contributed by atoms with Crippen LogP contribution in [0.4, 0.5) is 17.6 Å². The third-order valence-electron chi connectivity index (χ3n) is 2.68. The highest BCUT2D eigenvalue weighted by Gasteiger charge is 2.51. The topological polar surface area (TPSA) is 20.3 Å². The molecule has 1 saturated heterocycles. The number of halogens is 4. The number of hydrogen-bond acceptors (Lipinski definition) is 2. The predicted molar refractivity (Wildman–Crippen MR) is 58.7 cm³/mol. The number of alkyl halides is 4. The molecule has 17 heavy (non-hydrogen) atoms.